The van der Waals surface area contributed by atoms with E-state index in [4.69, 9.17) is 25.6 Å². The molecule has 0 amide bonds. The molecule has 2 N–H and O–H groups in total. The number of halogens is 1. The molecule has 7 heteroatoms. The van der Waals surface area contributed by atoms with Crippen LogP contribution in [0, 0.1) is 6.92 Å². The van der Waals surface area contributed by atoms with Crippen LogP contribution in [0.4, 0.5) is 5.69 Å². The Labute approximate surface area is 171 Å². The van der Waals surface area contributed by atoms with Crippen LogP contribution in [-0.4, -0.2) is 16.2 Å². The van der Waals surface area contributed by atoms with Crippen molar-refractivity contribution in [2.45, 2.75) is 13.5 Å². The molecule has 2 heterocycles. The molecular weight excluding hydrogens is 392 g/mol. The Bertz CT molecular complexity index is 1130. The van der Waals surface area contributed by atoms with Gasteiger partial charge in [-0.1, -0.05) is 28.9 Å². The van der Waals surface area contributed by atoms with Crippen molar-refractivity contribution >= 4 is 23.3 Å². The second kappa shape index (κ2) is 7.85. The van der Waals surface area contributed by atoms with Crippen LogP contribution in [0.3, 0.4) is 0 Å². The summed E-state index contributed by atoms with van der Waals surface area (Å²) < 4.78 is 11.1. The lowest BCUT2D eigenvalue weighted by Crippen LogP contribution is -2.03. The number of hydrogen-bond donors (Lipinski definition) is 2. The van der Waals surface area contributed by atoms with E-state index in [-0.39, 0.29) is 5.56 Å². The van der Waals surface area contributed by atoms with Gasteiger partial charge < -0.3 is 19.4 Å². The molecule has 0 saturated heterocycles. The highest BCUT2D eigenvalue weighted by Crippen LogP contribution is 2.37. The molecular formula is C22H17ClN2O4. The number of hydrogen-bond acceptors (Lipinski definition) is 5. The number of nitrogens with one attached hydrogen (secondary N) is 1. The lowest BCUT2D eigenvalue weighted by molar-refractivity contribution is 0.0697. The van der Waals surface area contributed by atoms with Gasteiger partial charge in [0.1, 0.15) is 5.69 Å². The average molecular weight is 409 g/mol. The van der Waals surface area contributed by atoms with Crippen LogP contribution in [0.25, 0.3) is 22.8 Å². The number of nitrogens with zero attached hydrogens (tertiary/aromatic N) is 1. The molecule has 0 aliphatic heterocycles. The molecule has 0 saturated carbocycles. The fourth-order valence-electron chi connectivity index (χ4n) is 3.12. The van der Waals surface area contributed by atoms with E-state index < -0.39 is 5.97 Å². The Morgan fingerprint density at radius 3 is 2.59 bits per heavy atom. The minimum absolute atomic E-state index is 0.226. The average Bonchev–Trinajstić information content (AvgIpc) is 3.36. The van der Waals surface area contributed by atoms with E-state index >= 15 is 0 Å². The number of furan rings is 1. The monoisotopic (exact) mass is 408 g/mol. The van der Waals surface area contributed by atoms with Gasteiger partial charge >= 0.3 is 5.97 Å². The van der Waals surface area contributed by atoms with E-state index in [2.05, 4.69) is 10.5 Å². The maximum atomic E-state index is 11.0. The van der Waals surface area contributed by atoms with Crippen LogP contribution >= 0.6 is 11.6 Å². The van der Waals surface area contributed by atoms with Crippen molar-refractivity contribution in [3.05, 3.63) is 82.6 Å². The summed E-state index contributed by atoms with van der Waals surface area (Å²) in [6, 6.07) is 15.8. The number of aromatic nitrogens is 1. The number of aryl methyl sites for hydroxylation is 1. The molecule has 0 spiro atoms. The molecule has 6 nitrogen and oxygen atoms in total. The normalized spacial score (nSPS) is 10.8. The second-order valence-electron chi connectivity index (χ2n) is 6.48. The number of rotatable bonds is 6. The van der Waals surface area contributed by atoms with E-state index in [1.807, 2.05) is 25.1 Å². The van der Waals surface area contributed by atoms with Crippen LogP contribution in [0.2, 0.25) is 5.02 Å². The molecule has 4 rings (SSSR count). The van der Waals surface area contributed by atoms with Crippen molar-refractivity contribution < 1.29 is 18.8 Å². The summed E-state index contributed by atoms with van der Waals surface area (Å²) in [6.45, 7) is 2.34. The summed E-state index contributed by atoms with van der Waals surface area (Å²) in [5.41, 5.74) is 4.19. The standard InChI is InChI=1S/C22H17ClN2O4/c1-13-4-2-5-17(23)19(13)20-16(21(29-25-20)18-6-3-11-28-18)12-24-15-9-7-14(8-10-15)22(26)27/h2-11,24H,12H2,1H3,(H,26,27). The smallest absolute Gasteiger partial charge is 0.335 e. The SMILES string of the molecule is Cc1cccc(Cl)c1-c1noc(-c2ccco2)c1CNc1ccc(C(=O)O)cc1. The molecule has 2 aromatic heterocycles. The molecule has 0 radical (unpaired) electrons. The highest BCUT2D eigenvalue weighted by Gasteiger charge is 2.23. The van der Waals surface area contributed by atoms with Crippen LogP contribution in [-0.2, 0) is 6.54 Å². The topological polar surface area (TPSA) is 88.5 Å². The van der Waals surface area contributed by atoms with Crippen molar-refractivity contribution in [1.82, 2.24) is 5.16 Å². The third kappa shape index (κ3) is 3.75. The number of benzene rings is 2. The van der Waals surface area contributed by atoms with Gasteiger partial charge in [-0.2, -0.15) is 0 Å². The van der Waals surface area contributed by atoms with Crippen LogP contribution in [0.15, 0.2) is 69.8 Å². The number of carbonyl (C=O) groups is 1. The molecule has 4 aromatic rings. The second-order valence-corrected chi connectivity index (χ2v) is 6.89. The lowest BCUT2D eigenvalue weighted by Gasteiger charge is -2.10. The Morgan fingerprint density at radius 2 is 1.93 bits per heavy atom. The van der Waals surface area contributed by atoms with Gasteiger partial charge in [0.05, 0.1) is 22.4 Å². The van der Waals surface area contributed by atoms with Crippen LogP contribution in [0.1, 0.15) is 21.5 Å². The molecule has 0 aliphatic rings. The van der Waals surface area contributed by atoms with E-state index in [1.165, 1.54) is 0 Å². The Hall–Kier alpha value is -3.51. The van der Waals surface area contributed by atoms with Gasteiger partial charge in [0.15, 0.2) is 5.76 Å². The molecule has 2 aromatic carbocycles. The van der Waals surface area contributed by atoms with Crippen molar-refractivity contribution in [3.8, 4) is 22.8 Å². The van der Waals surface area contributed by atoms with Gasteiger partial charge in [0.25, 0.3) is 0 Å². The van der Waals surface area contributed by atoms with Crippen molar-refractivity contribution in [3.63, 3.8) is 0 Å². The first-order chi connectivity index (χ1) is 14.0. The zero-order valence-electron chi connectivity index (χ0n) is 15.5. The van der Waals surface area contributed by atoms with Gasteiger partial charge in [-0.15, -0.1) is 0 Å². The first-order valence-corrected chi connectivity index (χ1v) is 9.27. The minimum Gasteiger partial charge on any atom is -0.478 e. The van der Waals surface area contributed by atoms with Gasteiger partial charge in [-0.25, -0.2) is 4.79 Å². The van der Waals surface area contributed by atoms with Gasteiger partial charge in [0.2, 0.25) is 5.76 Å². The zero-order chi connectivity index (χ0) is 20.4. The third-order valence-electron chi connectivity index (χ3n) is 4.59. The van der Waals surface area contributed by atoms with Crippen molar-refractivity contribution in [1.29, 1.82) is 0 Å². The third-order valence-corrected chi connectivity index (χ3v) is 4.91. The van der Waals surface area contributed by atoms with E-state index in [1.54, 1.807) is 42.7 Å². The first-order valence-electron chi connectivity index (χ1n) is 8.89. The minimum atomic E-state index is -0.966. The molecule has 146 valence electrons. The molecule has 0 aliphatic carbocycles. The number of carboxylic acids is 1. The maximum absolute atomic E-state index is 11.0. The Morgan fingerprint density at radius 1 is 1.14 bits per heavy atom. The maximum Gasteiger partial charge on any atom is 0.335 e. The lowest BCUT2D eigenvalue weighted by atomic mass is 10.0. The first kappa shape index (κ1) is 18.8. The van der Waals surface area contributed by atoms with Gasteiger partial charge in [-0.05, 0) is 55.0 Å². The van der Waals surface area contributed by atoms with E-state index in [0.717, 1.165) is 22.4 Å². The van der Waals surface area contributed by atoms with Crippen LogP contribution in [0.5, 0.6) is 0 Å². The fraction of sp³-hybridized carbons (Fsp3) is 0.0909. The zero-order valence-corrected chi connectivity index (χ0v) is 16.2. The largest absolute Gasteiger partial charge is 0.478 e. The number of anilines is 1. The fourth-order valence-corrected chi connectivity index (χ4v) is 3.44. The number of carboxylic acid groups (broad SMARTS) is 1. The molecule has 29 heavy (non-hydrogen) atoms. The summed E-state index contributed by atoms with van der Waals surface area (Å²) in [6.07, 6.45) is 1.57. The Balaban J connectivity index is 1.72. The predicted molar refractivity (Wildman–Crippen MR) is 110 cm³/mol. The highest BCUT2D eigenvalue weighted by molar-refractivity contribution is 6.33. The van der Waals surface area contributed by atoms with E-state index in [9.17, 15) is 4.79 Å². The molecule has 0 bridgehead atoms. The molecule has 0 unspecified atom stereocenters. The van der Waals surface area contributed by atoms with Gasteiger partial charge in [-0.3, -0.25) is 0 Å². The highest BCUT2D eigenvalue weighted by atomic mass is 35.5. The summed E-state index contributed by atoms with van der Waals surface area (Å²) >= 11 is 6.45. The number of aromatic carboxylic acids is 1. The quantitative estimate of drug-likeness (QED) is 0.414. The van der Waals surface area contributed by atoms with Crippen molar-refractivity contribution in [2.75, 3.05) is 5.32 Å². The molecule has 0 fully saturated rings. The van der Waals surface area contributed by atoms with Crippen LogP contribution < -0.4 is 5.32 Å². The van der Waals surface area contributed by atoms with Gasteiger partial charge in [0, 0.05) is 17.8 Å². The Kier molecular flexibility index (Phi) is 5.10. The summed E-state index contributed by atoms with van der Waals surface area (Å²) in [7, 11) is 0. The molecule has 0 atom stereocenters. The predicted octanol–water partition coefficient (Wildman–Crippen LogP) is 5.87. The summed E-state index contributed by atoms with van der Waals surface area (Å²) in [5.74, 6) is 0.109. The van der Waals surface area contributed by atoms with E-state index in [0.29, 0.717) is 28.8 Å². The summed E-state index contributed by atoms with van der Waals surface area (Å²) in [5, 5.41) is 17.2. The summed E-state index contributed by atoms with van der Waals surface area (Å²) in [4.78, 5) is 11.0. The van der Waals surface area contributed by atoms with Crippen molar-refractivity contribution in [2.24, 2.45) is 0 Å².